The summed E-state index contributed by atoms with van der Waals surface area (Å²) in [5, 5.41) is 9.52. The third-order valence-electron chi connectivity index (χ3n) is 2.46. The quantitative estimate of drug-likeness (QED) is 0.622. The Labute approximate surface area is 75.9 Å². The van der Waals surface area contributed by atoms with Crippen LogP contribution in [0, 0.1) is 0 Å². The molecule has 0 spiro atoms. The van der Waals surface area contributed by atoms with Crippen molar-refractivity contribution in [3.8, 4) is 0 Å². The van der Waals surface area contributed by atoms with E-state index in [1.807, 2.05) is 0 Å². The molecule has 0 aromatic carbocycles. The van der Waals surface area contributed by atoms with E-state index in [0.29, 0.717) is 18.4 Å². The molecule has 1 aliphatic carbocycles. The molecule has 5 nitrogen and oxygen atoms in total. The van der Waals surface area contributed by atoms with Gasteiger partial charge < -0.3 is 5.32 Å². The van der Waals surface area contributed by atoms with Crippen molar-refractivity contribution in [3.05, 3.63) is 16.3 Å². The third-order valence-corrected chi connectivity index (χ3v) is 2.46. The first-order valence-corrected chi connectivity index (χ1v) is 4.71. The van der Waals surface area contributed by atoms with Crippen molar-refractivity contribution in [2.45, 2.75) is 38.3 Å². The Bertz CT molecular complexity index is 310. The average Bonchev–Trinajstić information content (AvgIpc) is 2.71. The van der Waals surface area contributed by atoms with Crippen LogP contribution in [0.4, 0.5) is 0 Å². The van der Waals surface area contributed by atoms with Crippen LogP contribution in [0.25, 0.3) is 0 Å². The fraction of sp³-hybridized carbons (Fsp3) is 0.750. The summed E-state index contributed by atoms with van der Waals surface area (Å²) in [5.41, 5.74) is -0.233. The zero-order valence-corrected chi connectivity index (χ0v) is 7.47. The van der Waals surface area contributed by atoms with Crippen molar-refractivity contribution in [2.24, 2.45) is 0 Å². The van der Waals surface area contributed by atoms with Gasteiger partial charge in [0, 0.05) is 6.04 Å². The minimum Gasteiger partial charge on any atom is -0.307 e. The smallest absolute Gasteiger partial charge is 0.307 e. The summed E-state index contributed by atoms with van der Waals surface area (Å²) in [6.45, 7) is 0.656. The van der Waals surface area contributed by atoms with Gasteiger partial charge in [-0.25, -0.2) is 9.89 Å². The highest BCUT2D eigenvalue weighted by atomic mass is 16.1. The SMILES string of the molecule is O=c1[nH]nc(CNC2CCCC2)[nH]1. The van der Waals surface area contributed by atoms with E-state index in [1.54, 1.807) is 0 Å². The maximum absolute atomic E-state index is 10.7. The molecule has 0 saturated heterocycles. The summed E-state index contributed by atoms with van der Waals surface area (Å²) < 4.78 is 0. The third kappa shape index (κ3) is 2.18. The van der Waals surface area contributed by atoms with Gasteiger partial charge in [0.15, 0.2) is 0 Å². The van der Waals surface area contributed by atoms with E-state index in [9.17, 15) is 4.79 Å². The minimum absolute atomic E-state index is 0.233. The van der Waals surface area contributed by atoms with Crippen LogP contribution < -0.4 is 11.0 Å². The number of hydrogen-bond acceptors (Lipinski definition) is 3. The van der Waals surface area contributed by atoms with Crippen molar-refractivity contribution in [1.29, 1.82) is 0 Å². The Kier molecular flexibility index (Phi) is 2.44. The van der Waals surface area contributed by atoms with Crippen LogP contribution >= 0.6 is 0 Å². The molecule has 0 bridgehead atoms. The van der Waals surface area contributed by atoms with Crippen LogP contribution in [0.3, 0.4) is 0 Å². The molecule has 3 N–H and O–H groups in total. The number of hydrogen-bond donors (Lipinski definition) is 3. The summed E-state index contributed by atoms with van der Waals surface area (Å²) in [7, 11) is 0. The van der Waals surface area contributed by atoms with Crippen molar-refractivity contribution in [1.82, 2.24) is 20.5 Å². The first kappa shape index (κ1) is 8.50. The molecule has 1 fully saturated rings. The van der Waals surface area contributed by atoms with Crippen LogP contribution in [0.5, 0.6) is 0 Å². The maximum atomic E-state index is 10.7. The number of rotatable bonds is 3. The predicted molar refractivity (Wildman–Crippen MR) is 48.3 cm³/mol. The average molecular weight is 182 g/mol. The lowest BCUT2D eigenvalue weighted by molar-refractivity contribution is 0.514. The molecule has 72 valence electrons. The highest BCUT2D eigenvalue weighted by molar-refractivity contribution is 4.82. The van der Waals surface area contributed by atoms with Crippen LogP contribution in [0.1, 0.15) is 31.5 Å². The molecule has 0 unspecified atom stereocenters. The van der Waals surface area contributed by atoms with Gasteiger partial charge in [0.25, 0.3) is 0 Å². The Hall–Kier alpha value is -1.10. The molecule has 2 rings (SSSR count). The maximum Gasteiger partial charge on any atom is 0.340 e. The zero-order chi connectivity index (χ0) is 9.10. The van der Waals surface area contributed by atoms with Crippen LogP contribution in [0.2, 0.25) is 0 Å². The zero-order valence-electron chi connectivity index (χ0n) is 7.47. The highest BCUT2D eigenvalue weighted by Crippen LogP contribution is 2.17. The Morgan fingerprint density at radius 1 is 1.46 bits per heavy atom. The van der Waals surface area contributed by atoms with Gasteiger partial charge >= 0.3 is 5.69 Å². The minimum atomic E-state index is -0.233. The lowest BCUT2D eigenvalue weighted by Gasteiger charge is -2.08. The predicted octanol–water partition coefficient (Wildman–Crippen LogP) is 0.130. The van der Waals surface area contributed by atoms with Gasteiger partial charge in [0.05, 0.1) is 6.54 Å². The molecule has 5 heteroatoms. The molecular formula is C8H14N4O. The van der Waals surface area contributed by atoms with Gasteiger partial charge in [-0.1, -0.05) is 12.8 Å². The van der Waals surface area contributed by atoms with Gasteiger partial charge in [-0.2, -0.15) is 5.10 Å². The van der Waals surface area contributed by atoms with E-state index in [1.165, 1.54) is 25.7 Å². The number of aromatic nitrogens is 3. The van der Waals surface area contributed by atoms with Crippen molar-refractivity contribution in [3.63, 3.8) is 0 Å². The standard InChI is InChI=1S/C8H14N4O/c13-8-10-7(11-12-8)5-9-6-3-1-2-4-6/h6,9H,1-5H2,(H2,10,11,12,13). The fourth-order valence-corrected chi connectivity index (χ4v) is 1.76. The van der Waals surface area contributed by atoms with Crippen molar-refractivity contribution in [2.75, 3.05) is 0 Å². The van der Waals surface area contributed by atoms with E-state index >= 15 is 0 Å². The number of nitrogens with one attached hydrogen (secondary N) is 3. The summed E-state index contributed by atoms with van der Waals surface area (Å²) in [5.74, 6) is 0.692. The molecule has 1 aromatic rings. The van der Waals surface area contributed by atoms with Gasteiger partial charge in [-0.15, -0.1) is 0 Å². The van der Waals surface area contributed by atoms with E-state index < -0.39 is 0 Å². The first-order valence-electron chi connectivity index (χ1n) is 4.71. The number of aromatic amines is 2. The van der Waals surface area contributed by atoms with Gasteiger partial charge in [0.1, 0.15) is 5.82 Å². The van der Waals surface area contributed by atoms with E-state index in [2.05, 4.69) is 20.5 Å². The number of nitrogens with zero attached hydrogens (tertiary/aromatic N) is 1. The molecule has 1 aromatic heterocycles. The molecule has 13 heavy (non-hydrogen) atoms. The van der Waals surface area contributed by atoms with Crippen molar-refractivity contribution < 1.29 is 0 Å². The molecule has 0 aliphatic heterocycles. The van der Waals surface area contributed by atoms with Gasteiger partial charge in [-0.3, -0.25) is 4.98 Å². The van der Waals surface area contributed by atoms with E-state index in [4.69, 9.17) is 0 Å². The van der Waals surface area contributed by atoms with Crippen LogP contribution in [-0.4, -0.2) is 21.2 Å². The molecule has 1 saturated carbocycles. The lowest BCUT2D eigenvalue weighted by atomic mass is 10.2. The molecule has 1 aliphatic rings. The Morgan fingerprint density at radius 2 is 2.23 bits per heavy atom. The molecular weight excluding hydrogens is 168 g/mol. The highest BCUT2D eigenvalue weighted by Gasteiger charge is 2.14. The summed E-state index contributed by atoms with van der Waals surface area (Å²) in [6.07, 6.45) is 5.12. The second kappa shape index (κ2) is 3.74. The summed E-state index contributed by atoms with van der Waals surface area (Å²) in [4.78, 5) is 13.3. The van der Waals surface area contributed by atoms with Gasteiger partial charge in [0.2, 0.25) is 0 Å². The fourth-order valence-electron chi connectivity index (χ4n) is 1.76. The molecule has 0 atom stereocenters. The monoisotopic (exact) mass is 182 g/mol. The summed E-state index contributed by atoms with van der Waals surface area (Å²) >= 11 is 0. The van der Waals surface area contributed by atoms with Crippen LogP contribution in [0.15, 0.2) is 4.79 Å². The van der Waals surface area contributed by atoms with Crippen molar-refractivity contribution >= 4 is 0 Å². The van der Waals surface area contributed by atoms with E-state index in [-0.39, 0.29) is 5.69 Å². The Balaban J connectivity index is 1.82. The first-order chi connectivity index (χ1) is 6.34. The summed E-state index contributed by atoms with van der Waals surface area (Å²) in [6, 6.07) is 0.611. The number of H-pyrrole nitrogens is 2. The molecule has 1 heterocycles. The second-order valence-corrected chi connectivity index (χ2v) is 3.49. The van der Waals surface area contributed by atoms with Crippen LogP contribution in [-0.2, 0) is 6.54 Å². The van der Waals surface area contributed by atoms with Gasteiger partial charge in [-0.05, 0) is 12.8 Å². The topological polar surface area (TPSA) is 73.6 Å². The Morgan fingerprint density at radius 3 is 2.85 bits per heavy atom. The normalized spacial score (nSPS) is 18.2. The lowest BCUT2D eigenvalue weighted by Crippen LogP contribution is -2.26. The van der Waals surface area contributed by atoms with E-state index in [0.717, 1.165) is 0 Å². The second-order valence-electron chi connectivity index (χ2n) is 3.49. The molecule has 0 amide bonds. The largest absolute Gasteiger partial charge is 0.340 e. The molecule has 0 radical (unpaired) electrons.